The van der Waals surface area contributed by atoms with Crippen LogP contribution in [0.3, 0.4) is 0 Å². The van der Waals surface area contributed by atoms with Gasteiger partial charge in [0.25, 0.3) is 5.56 Å². The average Bonchev–Trinajstić information content (AvgIpc) is 3.11. The minimum atomic E-state index is -0.153. The maximum Gasteiger partial charge on any atom is 0.260 e. The summed E-state index contributed by atoms with van der Waals surface area (Å²) in [6.45, 7) is 11.6. The molecule has 2 aromatic heterocycles. The highest BCUT2D eigenvalue weighted by molar-refractivity contribution is 5.63. The summed E-state index contributed by atoms with van der Waals surface area (Å²) < 4.78 is 7.47. The van der Waals surface area contributed by atoms with E-state index >= 15 is 0 Å². The number of fused-ring (bicyclic) bond motifs is 1. The van der Waals surface area contributed by atoms with Gasteiger partial charge in [0.1, 0.15) is 5.75 Å². The molecule has 0 spiro atoms. The summed E-state index contributed by atoms with van der Waals surface area (Å²) in [5, 5.41) is 0. The number of rotatable bonds is 7. The summed E-state index contributed by atoms with van der Waals surface area (Å²) in [5.41, 5.74) is 7.60. The number of hydrogen-bond donors (Lipinski definition) is 2. The Bertz CT molecular complexity index is 880. The zero-order valence-corrected chi connectivity index (χ0v) is 18.5. The number of unbranched alkanes of at least 4 members (excludes halogenated alkanes) is 2. The van der Waals surface area contributed by atoms with E-state index in [4.69, 9.17) is 10.5 Å². The number of hydrogen-bond acceptors (Lipinski definition) is 4. The first-order chi connectivity index (χ1) is 14.1. The number of H-pyrrole nitrogens is 1. The molecule has 1 aromatic carbocycles. The third-order valence-electron chi connectivity index (χ3n) is 4.12. The zero-order chi connectivity index (χ0) is 21.6. The standard InChI is InChI=1S/C17H20N4O2.C4H10.C2H6/c1-12-10-21-11-15(16(22)20-17(21)19-12)13-4-6-14(7-5-13)23-9-3-2-8-18;1-3-4-2;1-2/h4-7,10-11H,2-3,8-9,18H2,1H3,(H,19,20,22);3-4H2,1-2H3;1-2H3. The first-order valence-electron chi connectivity index (χ1n) is 10.6. The molecule has 0 unspecified atom stereocenters. The second-order valence-electron chi connectivity index (χ2n) is 6.48. The van der Waals surface area contributed by atoms with Crippen molar-refractivity contribution in [3.05, 3.63) is 52.7 Å². The smallest absolute Gasteiger partial charge is 0.260 e. The Balaban J connectivity index is 0.000000627. The van der Waals surface area contributed by atoms with E-state index in [1.807, 2.05) is 55.6 Å². The van der Waals surface area contributed by atoms with Crippen LogP contribution in [0.2, 0.25) is 0 Å². The summed E-state index contributed by atoms with van der Waals surface area (Å²) in [6.07, 6.45) is 8.21. The van der Waals surface area contributed by atoms with Gasteiger partial charge in [-0.3, -0.25) is 14.2 Å². The van der Waals surface area contributed by atoms with E-state index in [1.165, 1.54) is 12.8 Å². The Labute approximate surface area is 174 Å². The predicted molar refractivity (Wildman–Crippen MR) is 122 cm³/mol. The predicted octanol–water partition coefficient (Wildman–Crippen LogP) is 4.95. The quantitative estimate of drug-likeness (QED) is 0.550. The van der Waals surface area contributed by atoms with Crippen molar-refractivity contribution in [2.75, 3.05) is 13.2 Å². The van der Waals surface area contributed by atoms with E-state index < -0.39 is 0 Å². The molecule has 0 atom stereocenters. The molecule has 3 rings (SSSR count). The van der Waals surface area contributed by atoms with Crippen LogP contribution in [0.5, 0.6) is 5.75 Å². The molecule has 0 bridgehead atoms. The summed E-state index contributed by atoms with van der Waals surface area (Å²) in [5.74, 6) is 1.35. The van der Waals surface area contributed by atoms with Crippen molar-refractivity contribution < 1.29 is 4.74 Å². The second-order valence-corrected chi connectivity index (χ2v) is 6.48. The first kappa shape index (κ1) is 24.4. The number of nitrogens with zero attached hydrogens (tertiary/aromatic N) is 2. The van der Waals surface area contributed by atoms with Gasteiger partial charge in [0.2, 0.25) is 5.78 Å². The van der Waals surface area contributed by atoms with Crippen molar-refractivity contribution in [3.8, 4) is 16.9 Å². The molecule has 160 valence electrons. The van der Waals surface area contributed by atoms with Crippen molar-refractivity contribution in [2.24, 2.45) is 5.73 Å². The highest BCUT2D eigenvalue weighted by atomic mass is 16.5. The second kappa shape index (κ2) is 13.6. The summed E-state index contributed by atoms with van der Waals surface area (Å²) >= 11 is 0. The number of aromatic nitrogens is 3. The maximum atomic E-state index is 12.2. The Morgan fingerprint density at radius 1 is 1.07 bits per heavy atom. The van der Waals surface area contributed by atoms with Crippen LogP contribution in [-0.2, 0) is 0 Å². The largest absolute Gasteiger partial charge is 0.494 e. The maximum absolute atomic E-state index is 12.2. The SMILES string of the molecule is CC.CCCC.Cc1cn2cc(-c3ccc(OCCCCN)cc3)c(=O)[nH]c2n1. The van der Waals surface area contributed by atoms with Crippen LogP contribution in [0.1, 0.15) is 59.1 Å². The van der Waals surface area contributed by atoms with Gasteiger partial charge >= 0.3 is 0 Å². The molecule has 6 heteroatoms. The van der Waals surface area contributed by atoms with E-state index in [2.05, 4.69) is 23.8 Å². The molecular weight excluding hydrogens is 364 g/mol. The van der Waals surface area contributed by atoms with Gasteiger partial charge < -0.3 is 10.5 Å². The van der Waals surface area contributed by atoms with E-state index in [9.17, 15) is 4.79 Å². The van der Waals surface area contributed by atoms with Gasteiger partial charge in [0, 0.05) is 12.4 Å². The number of aromatic amines is 1. The number of ether oxygens (including phenoxy) is 1. The van der Waals surface area contributed by atoms with Crippen LogP contribution in [0, 0.1) is 6.92 Å². The average molecular weight is 401 g/mol. The number of nitrogens with one attached hydrogen (secondary N) is 1. The van der Waals surface area contributed by atoms with Crippen LogP contribution in [0.25, 0.3) is 16.9 Å². The molecule has 0 saturated heterocycles. The number of aryl methyl sites for hydroxylation is 1. The van der Waals surface area contributed by atoms with Gasteiger partial charge in [0.05, 0.1) is 17.9 Å². The van der Waals surface area contributed by atoms with Gasteiger partial charge in [-0.25, -0.2) is 4.98 Å². The van der Waals surface area contributed by atoms with Crippen LogP contribution < -0.4 is 16.0 Å². The fraction of sp³-hybridized carbons (Fsp3) is 0.478. The lowest BCUT2D eigenvalue weighted by molar-refractivity contribution is 0.308. The molecule has 3 N–H and O–H groups in total. The summed E-state index contributed by atoms with van der Waals surface area (Å²) in [7, 11) is 0. The molecular formula is C23H36N4O2. The van der Waals surface area contributed by atoms with Gasteiger partial charge in [0.15, 0.2) is 0 Å². The van der Waals surface area contributed by atoms with Crippen LogP contribution in [-0.4, -0.2) is 27.5 Å². The molecule has 6 nitrogen and oxygen atoms in total. The zero-order valence-electron chi connectivity index (χ0n) is 18.5. The monoisotopic (exact) mass is 400 g/mol. The molecule has 0 aliphatic carbocycles. The molecule has 0 amide bonds. The molecule has 0 saturated carbocycles. The van der Waals surface area contributed by atoms with Gasteiger partial charge in [-0.1, -0.05) is 52.7 Å². The fourth-order valence-electron chi connectivity index (χ4n) is 2.45. The first-order valence-corrected chi connectivity index (χ1v) is 10.6. The van der Waals surface area contributed by atoms with Crippen molar-refractivity contribution in [2.45, 2.75) is 60.3 Å². The lowest BCUT2D eigenvalue weighted by atomic mass is 10.1. The number of imidazole rings is 1. The van der Waals surface area contributed by atoms with Crippen molar-refractivity contribution >= 4 is 5.78 Å². The Morgan fingerprint density at radius 2 is 1.72 bits per heavy atom. The van der Waals surface area contributed by atoms with E-state index in [0.717, 1.165) is 29.8 Å². The Hall–Kier alpha value is -2.60. The minimum absolute atomic E-state index is 0.153. The van der Waals surface area contributed by atoms with Crippen LogP contribution >= 0.6 is 0 Å². The highest BCUT2D eigenvalue weighted by Gasteiger charge is 2.07. The fourth-order valence-corrected chi connectivity index (χ4v) is 2.45. The van der Waals surface area contributed by atoms with E-state index in [0.29, 0.717) is 24.5 Å². The highest BCUT2D eigenvalue weighted by Crippen LogP contribution is 2.20. The van der Waals surface area contributed by atoms with Gasteiger partial charge in [-0.05, 0) is 44.0 Å². The van der Waals surface area contributed by atoms with Crippen molar-refractivity contribution in [1.82, 2.24) is 14.4 Å². The lowest BCUT2D eigenvalue weighted by Crippen LogP contribution is -2.11. The summed E-state index contributed by atoms with van der Waals surface area (Å²) in [4.78, 5) is 19.3. The topological polar surface area (TPSA) is 85.4 Å². The van der Waals surface area contributed by atoms with Crippen molar-refractivity contribution in [1.29, 1.82) is 0 Å². The third kappa shape index (κ3) is 7.74. The molecule has 0 aliphatic rings. The minimum Gasteiger partial charge on any atom is -0.494 e. The molecule has 0 aliphatic heterocycles. The number of benzene rings is 1. The Morgan fingerprint density at radius 3 is 2.31 bits per heavy atom. The van der Waals surface area contributed by atoms with Crippen LogP contribution in [0.15, 0.2) is 41.5 Å². The van der Waals surface area contributed by atoms with Gasteiger partial charge in [-0.15, -0.1) is 0 Å². The number of nitrogens with two attached hydrogens (primary N) is 1. The van der Waals surface area contributed by atoms with E-state index in [-0.39, 0.29) is 5.56 Å². The lowest BCUT2D eigenvalue weighted by Gasteiger charge is -2.07. The molecule has 2 heterocycles. The summed E-state index contributed by atoms with van der Waals surface area (Å²) in [6, 6.07) is 7.53. The molecule has 0 radical (unpaired) electrons. The van der Waals surface area contributed by atoms with Gasteiger partial charge in [-0.2, -0.15) is 0 Å². The van der Waals surface area contributed by atoms with E-state index in [1.54, 1.807) is 6.20 Å². The molecule has 0 fully saturated rings. The third-order valence-corrected chi connectivity index (χ3v) is 4.12. The Kier molecular flexibility index (Phi) is 11.4. The van der Waals surface area contributed by atoms with Crippen LogP contribution in [0.4, 0.5) is 0 Å². The van der Waals surface area contributed by atoms with Crippen molar-refractivity contribution in [3.63, 3.8) is 0 Å². The molecule has 3 aromatic rings. The normalized spacial score (nSPS) is 10.0. The molecule has 29 heavy (non-hydrogen) atoms.